The van der Waals surface area contributed by atoms with Crippen molar-refractivity contribution >= 4 is 17.4 Å². The van der Waals surface area contributed by atoms with E-state index in [2.05, 4.69) is 32.7 Å². The molecule has 0 radical (unpaired) electrons. The quantitative estimate of drug-likeness (QED) is 0.464. The van der Waals surface area contributed by atoms with Crippen molar-refractivity contribution in [2.75, 3.05) is 0 Å². The SMILES string of the molecule is C=Cc1nc(C(C)(CCCC)CCCCCC)cs1. The minimum Gasteiger partial charge on any atom is -0.241 e. The van der Waals surface area contributed by atoms with E-state index in [1.807, 2.05) is 6.08 Å². The second-order valence-corrected chi connectivity index (χ2v) is 6.64. The van der Waals surface area contributed by atoms with Crippen LogP contribution in [0.4, 0.5) is 0 Å². The summed E-state index contributed by atoms with van der Waals surface area (Å²) in [6, 6.07) is 0. The third kappa shape index (κ3) is 5.10. The molecule has 0 aromatic carbocycles. The van der Waals surface area contributed by atoms with Gasteiger partial charge in [-0.2, -0.15) is 0 Å². The molecule has 1 atom stereocenters. The van der Waals surface area contributed by atoms with Gasteiger partial charge in [-0.15, -0.1) is 11.3 Å². The van der Waals surface area contributed by atoms with Gasteiger partial charge < -0.3 is 0 Å². The minimum absolute atomic E-state index is 0.265. The molecule has 0 N–H and O–H groups in total. The van der Waals surface area contributed by atoms with Crippen molar-refractivity contribution in [3.8, 4) is 0 Å². The molecule has 2 heteroatoms. The summed E-state index contributed by atoms with van der Waals surface area (Å²) in [5.41, 5.74) is 1.55. The van der Waals surface area contributed by atoms with Crippen molar-refractivity contribution in [1.29, 1.82) is 0 Å². The zero-order chi connectivity index (χ0) is 14.1. The molecule has 1 unspecified atom stereocenters. The van der Waals surface area contributed by atoms with E-state index in [9.17, 15) is 0 Å². The molecule has 1 aromatic rings. The summed E-state index contributed by atoms with van der Waals surface area (Å²) in [6.45, 7) is 10.8. The smallest absolute Gasteiger partial charge is 0.115 e. The van der Waals surface area contributed by atoms with E-state index in [-0.39, 0.29) is 5.41 Å². The average Bonchev–Trinajstić information content (AvgIpc) is 2.91. The van der Waals surface area contributed by atoms with Crippen LogP contribution in [0.5, 0.6) is 0 Å². The molecule has 0 bridgehead atoms. The maximum absolute atomic E-state index is 4.75. The van der Waals surface area contributed by atoms with Crippen molar-refractivity contribution in [3.05, 3.63) is 22.7 Å². The van der Waals surface area contributed by atoms with E-state index >= 15 is 0 Å². The lowest BCUT2D eigenvalue weighted by Gasteiger charge is -2.28. The first-order chi connectivity index (χ1) is 9.16. The van der Waals surface area contributed by atoms with Crippen LogP contribution in [0.15, 0.2) is 12.0 Å². The molecular weight excluding hydrogens is 250 g/mol. The predicted octanol–water partition coefficient (Wildman–Crippen LogP) is 6.20. The number of unbranched alkanes of at least 4 members (excludes halogenated alkanes) is 4. The Morgan fingerprint density at radius 3 is 2.42 bits per heavy atom. The fourth-order valence-electron chi connectivity index (χ4n) is 2.55. The summed E-state index contributed by atoms with van der Waals surface area (Å²) in [6.07, 6.45) is 12.3. The highest BCUT2D eigenvalue weighted by atomic mass is 32.1. The van der Waals surface area contributed by atoms with Crippen LogP contribution in [0.25, 0.3) is 6.08 Å². The van der Waals surface area contributed by atoms with Crippen molar-refractivity contribution in [2.45, 2.75) is 77.6 Å². The zero-order valence-electron chi connectivity index (χ0n) is 12.9. The first-order valence-corrected chi connectivity index (χ1v) is 8.62. The second kappa shape index (κ2) is 8.52. The number of rotatable bonds is 10. The molecule has 1 aromatic heterocycles. The van der Waals surface area contributed by atoms with E-state index in [1.54, 1.807) is 11.3 Å². The van der Waals surface area contributed by atoms with E-state index < -0.39 is 0 Å². The van der Waals surface area contributed by atoms with Crippen molar-refractivity contribution < 1.29 is 0 Å². The van der Waals surface area contributed by atoms with Crippen LogP contribution >= 0.6 is 11.3 Å². The van der Waals surface area contributed by atoms with Gasteiger partial charge in [0, 0.05) is 10.8 Å². The molecule has 1 rings (SSSR count). The van der Waals surface area contributed by atoms with Crippen LogP contribution in [0.2, 0.25) is 0 Å². The minimum atomic E-state index is 0.265. The Morgan fingerprint density at radius 1 is 1.16 bits per heavy atom. The average molecular weight is 279 g/mol. The maximum Gasteiger partial charge on any atom is 0.115 e. The Kier molecular flexibility index (Phi) is 7.37. The third-order valence-corrected chi connectivity index (χ3v) is 4.82. The third-order valence-electron chi connectivity index (χ3n) is 3.98. The Morgan fingerprint density at radius 2 is 1.84 bits per heavy atom. The van der Waals surface area contributed by atoms with Gasteiger partial charge in [-0.05, 0) is 18.9 Å². The van der Waals surface area contributed by atoms with Gasteiger partial charge in [-0.25, -0.2) is 4.98 Å². The van der Waals surface area contributed by atoms with Crippen molar-refractivity contribution in [3.63, 3.8) is 0 Å². The molecule has 0 aliphatic rings. The molecule has 0 fully saturated rings. The van der Waals surface area contributed by atoms with Gasteiger partial charge in [0.1, 0.15) is 5.01 Å². The maximum atomic E-state index is 4.75. The number of aromatic nitrogens is 1. The molecule has 0 aliphatic heterocycles. The van der Waals surface area contributed by atoms with Gasteiger partial charge in [0.15, 0.2) is 0 Å². The highest BCUT2D eigenvalue weighted by Gasteiger charge is 2.28. The van der Waals surface area contributed by atoms with E-state index in [4.69, 9.17) is 4.98 Å². The lowest BCUT2D eigenvalue weighted by Crippen LogP contribution is -2.22. The fourth-order valence-corrected chi connectivity index (χ4v) is 3.37. The zero-order valence-corrected chi connectivity index (χ0v) is 13.7. The molecule has 19 heavy (non-hydrogen) atoms. The summed E-state index contributed by atoms with van der Waals surface area (Å²) in [4.78, 5) is 4.75. The van der Waals surface area contributed by atoms with Crippen molar-refractivity contribution in [1.82, 2.24) is 4.98 Å². The topological polar surface area (TPSA) is 12.9 Å². The molecule has 1 heterocycles. The van der Waals surface area contributed by atoms with Crippen LogP contribution in [-0.4, -0.2) is 4.98 Å². The highest BCUT2D eigenvalue weighted by molar-refractivity contribution is 7.10. The molecule has 0 amide bonds. The molecular formula is C17H29NS. The Bertz CT molecular complexity index is 369. The van der Waals surface area contributed by atoms with E-state index in [0.29, 0.717) is 0 Å². The van der Waals surface area contributed by atoms with E-state index in [1.165, 1.54) is 57.1 Å². The van der Waals surface area contributed by atoms with Crippen LogP contribution in [0.3, 0.4) is 0 Å². The lowest BCUT2D eigenvalue weighted by atomic mass is 9.77. The van der Waals surface area contributed by atoms with Gasteiger partial charge in [0.2, 0.25) is 0 Å². The van der Waals surface area contributed by atoms with Gasteiger partial charge in [0.05, 0.1) is 5.69 Å². The molecule has 1 nitrogen and oxygen atoms in total. The van der Waals surface area contributed by atoms with Crippen LogP contribution in [0, 0.1) is 0 Å². The summed E-state index contributed by atoms with van der Waals surface area (Å²) >= 11 is 1.72. The van der Waals surface area contributed by atoms with Crippen LogP contribution in [-0.2, 0) is 5.41 Å². The van der Waals surface area contributed by atoms with Crippen LogP contribution < -0.4 is 0 Å². The predicted molar refractivity (Wildman–Crippen MR) is 87.8 cm³/mol. The highest BCUT2D eigenvalue weighted by Crippen LogP contribution is 2.35. The fraction of sp³-hybridized carbons (Fsp3) is 0.706. The lowest BCUT2D eigenvalue weighted by molar-refractivity contribution is 0.361. The molecule has 108 valence electrons. The number of hydrogen-bond acceptors (Lipinski definition) is 2. The molecule has 0 saturated carbocycles. The number of thiazole rings is 1. The summed E-state index contributed by atoms with van der Waals surface area (Å²) in [7, 11) is 0. The van der Waals surface area contributed by atoms with Gasteiger partial charge in [0.25, 0.3) is 0 Å². The summed E-state index contributed by atoms with van der Waals surface area (Å²) < 4.78 is 0. The summed E-state index contributed by atoms with van der Waals surface area (Å²) in [5, 5.41) is 3.30. The largest absolute Gasteiger partial charge is 0.241 e. The Balaban J connectivity index is 2.70. The first kappa shape index (κ1) is 16.4. The van der Waals surface area contributed by atoms with Crippen molar-refractivity contribution in [2.24, 2.45) is 0 Å². The summed E-state index contributed by atoms with van der Waals surface area (Å²) in [5.74, 6) is 0. The molecule has 0 aliphatic carbocycles. The first-order valence-electron chi connectivity index (χ1n) is 7.74. The van der Waals surface area contributed by atoms with Gasteiger partial charge in [-0.3, -0.25) is 0 Å². The normalized spacial score (nSPS) is 14.3. The second-order valence-electron chi connectivity index (χ2n) is 5.75. The van der Waals surface area contributed by atoms with E-state index in [0.717, 1.165) is 5.01 Å². The monoisotopic (exact) mass is 279 g/mol. The molecule has 0 spiro atoms. The number of nitrogens with zero attached hydrogens (tertiary/aromatic N) is 1. The van der Waals surface area contributed by atoms with Gasteiger partial charge in [-0.1, -0.05) is 65.9 Å². The standard InChI is InChI=1S/C17H29NS/c1-5-8-10-11-13-17(4,12-9-6-2)15-14-19-16(7-3)18-15/h7,14H,3,5-6,8-13H2,1-2,4H3. The number of hydrogen-bond donors (Lipinski definition) is 0. The van der Waals surface area contributed by atoms with Gasteiger partial charge >= 0.3 is 0 Å². The Hall–Kier alpha value is -0.630. The van der Waals surface area contributed by atoms with Crippen LogP contribution in [0.1, 0.15) is 82.8 Å². The Labute approximate surface area is 123 Å². The molecule has 0 saturated heterocycles.